The van der Waals surface area contributed by atoms with Gasteiger partial charge in [-0.3, -0.25) is 4.57 Å². The van der Waals surface area contributed by atoms with Gasteiger partial charge < -0.3 is 10.5 Å². The van der Waals surface area contributed by atoms with Gasteiger partial charge in [-0.2, -0.15) is 0 Å². The van der Waals surface area contributed by atoms with E-state index in [9.17, 15) is 0 Å². The Bertz CT molecular complexity index is 800. The Morgan fingerprint density at radius 3 is 2.80 bits per heavy atom. The van der Waals surface area contributed by atoms with Crippen LogP contribution in [-0.2, 0) is 0 Å². The summed E-state index contributed by atoms with van der Waals surface area (Å²) in [5.74, 6) is 1.14. The van der Waals surface area contributed by atoms with Crippen molar-refractivity contribution < 1.29 is 4.74 Å². The van der Waals surface area contributed by atoms with E-state index < -0.39 is 0 Å². The number of fused-ring (bicyclic) bond motifs is 1. The van der Waals surface area contributed by atoms with Crippen LogP contribution in [0, 0.1) is 0 Å². The zero-order chi connectivity index (χ0) is 14.3. The molecule has 1 aromatic heterocycles. The van der Waals surface area contributed by atoms with Gasteiger partial charge in [0.25, 0.3) is 0 Å². The van der Waals surface area contributed by atoms with Gasteiger partial charge in [-0.05, 0) is 46.3 Å². The number of nitrogens with zero attached hydrogens (tertiary/aromatic N) is 2. The number of hydrogen-bond donors (Lipinski definition) is 1. The lowest BCUT2D eigenvalue weighted by Crippen LogP contribution is -2.01. The zero-order valence-electron chi connectivity index (χ0n) is 10.6. The fourth-order valence-electron chi connectivity index (χ4n) is 2.13. The van der Waals surface area contributed by atoms with Crippen molar-refractivity contribution in [1.29, 1.82) is 0 Å². The molecule has 0 bridgehead atoms. The average molecular weight is 353 g/mol. The van der Waals surface area contributed by atoms with Crippen molar-refractivity contribution in [2.45, 2.75) is 0 Å². The number of ether oxygens (including phenoxy) is 1. The Morgan fingerprint density at radius 1 is 1.25 bits per heavy atom. The number of nitrogen functional groups attached to an aromatic ring is 1. The third kappa shape index (κ3) is 2.13. The maximum Gasteiger partial charge on any atom is 0.205 e. The Hall–Kier alpha value is -1.72. The summed E-state index contributed by atoms with van der Waals surface area (Å²) in [5.41, 5.74) is 8.55. The number of aromatic nitrogens is 2. The maximum absolute atomic E-state index is 6.06. The minimum Gasteiger partial charge on any atom is -0.495 e. The molecule has 6 heteroatoms. The lowest BCUT2D eigenvalue weighted by molar-refractivity contribution is 0.412. The number of rotatable bonds is 2. The Balaban J connectivity index is 2.28. The molecule has 0 aliphatic heterocycles. The summed E-state index contributed by atoms with van der Waals surface area (Å²) in [7, 11) is 1.62. The summed E-state index contributed by atoms with van der Waals surface area (Å²) in [6, 6.07) is 11.2. The average Bonchev–Trinajstić information content (AvgIpc) is 2.75. The number of halogens is 2. The highest BCUT2D eigenvalue weighted by Crippen LogP contribution is 2.31. The molecule has 0 fully saturated rings. The standard InChI is InChI=1S/C14H11BrClN3O/c1-20-13-7-9(3-4-10(13)15)19-12-6-8(16)2-5-11(12)18-14(19)17/h2-7H,1H3,(H2,17,18). The third-order valence-electron chi connectivity index (χ3n) is 3.04. The molecule has 0 radical (unpaired) electrons. The van der Waals surface area contributed by atoms with Crippen LogP contribution in [0.5, 0.6) is 5.75 Å². The smallest absolute Gasteiger partial charge is 0.205 e. The fraction of sp³-hybridized carbons (Fsp3) is 0.0714. The van der Waals surface area contributed by atoms with Crippen molar-refractivity contribution in [2.75, 3.05) is 12.8 Å². The highest BCUT2D eigenvalue weighted by Gasteiger charge is 2.12. The molecule has 3 rings (SSSR count). The lowest BCUT2D eigenvalue weighted by atomic mass is 10.2. The van der Waals surface area contributed by atoms with E-state index in [1.54, 1.807) is 13.2 Å². The van der Waals surface area contributed by atoms with Gasteiger partial charge in [0.1, 0.15) is 5.75 Å². The second-order valence-corrected chi connectivity index (χ2v) is 5.55. The molecule has 0 saturated heterocycles. The highest BCUT2D eigenvalue weighted by atomic mass is 79.9. The Labute approximate surface area is 129 Å². The van der Waals surface area contributed by atoms with Crippen molar-refractivity contribution in [3.05, 3.63) is 45.9 Å². The van der Waals surface area contributed by atoms with Gasteiger partial charge >= 0.3 is 0 Å². The summed E-state index contributed by atoms with van der Waals surface area (Å²) in [6.45, 7) is 0. The van der Waals surface area contributed by atoms with E-state index in [1.165, 1.54) is 0 Å². The minimum atomic E-state index is 0.409. The molecule has 0 aliphatic rings. The van der Waals surface area contributed by atoms with Gasteiger partial charge in [-0.25, -0.2) is 4.98 Å². The van der Waals surface area contributed by atoms with Crippen LogP contribution in [0.1, 0.15) is 0 Å². The molecule has 1 heterocycles. The van der Waals surface area contributed by atoms with E-state index in [1.807, 2.05) is 34.9 Å². The number of nitrogens with two attached hydrogens (primary N) is 1. The normalized spacial score (nSPS) is 10.9. The van der Waals surface area contributed by atoms with Crippen LogP contribution in [0.3, 0.4) is 0 Å². The Kier molecular flexibility index (Phi) is 3.31. The van der Waals surface area contributed by atoms with Crippen molar-refractivity contribution in [2.24, 2.45) is 0 Å². The first-order chi connectivity index (χ1) is 9.60. The molecule has 4 nitrogen and oxygen atoms in total. The number of benzene rings is 2. The van der Waals surface area contributed by atoms with E-state index in [2.05, 4.69) is 20.9 Å². The van der Waals surface area contributed by atoms with E-state index in [0.717, 1.165) is 26.9 Å². The van der Waals surface area contributed by atoms with Crippen molar-refractivity contribution in [1.82, 2.24) is 9.55 Å². The van der Waals surface area contributed by atoms with Gasteiger partial charge in [-0.15, -0.1) is 0 Å². The van der Waals surface area contributed by atoms with Crippen LogP contribution in [0.25, 0.3) is 16.7 Å². The lowest BCUT2D eigenvalue weighted by Gasteiger charge is -2.10. The molecule has 0 atom stereocenters. The van der Waals surface area contributed by atoms with E-state index in [-0.39, 0.29) is 0 Å². The molecule has 3 aromatic rings. The number of hydrogen-bond acceptors (Lipinski definition) is 3. The predicted octanol–water partition coefficient (Wildman–Crippen LogP) is 4.03. The van der Waals surface area contributed by atoms with Crippen LogP contribution in [-0.4, -0.2) is 16.7 Å². The van der Waals surface area contributed by atoms with Crippen LogP contribution in [0.4, 0.5) is 5.95 Å². The summed E-state index contributed by atoms with van der Waals surface area (Å²) in [4.78, 5) is 4.34. The van der Waals surface area contributed by atoms with E-state index >= 15 is 0 Å². The van der Waals surface area contributed by atoms with E-state index in [4.69, 9.17) is 22.1 Å². The first-order valence-electron chi connectivity index (χ1n) is 5.87. The van der Waals surface area contributed by atoms with Crippen LogP contribution in [0.15, 0.2) is 40.9 Å². The van der Waals surface area contributed by atoms with Crippen LogP contribution in [0.2, 0.25) is 5.02 Å². The van der Waals surface area contributed by atoms with Gasteiger partial charge in [0, 0.05) is 11.1 Å². The molecule has 0 amide bonds. The quantitative estimate of drug-likeness (QED) is 0.757. The molecule has 2 N–H and O–H groups in total. The largest absolute Gasteiger partial charge is 0.495 e. The topological polar surface area (TPSA) is 53.1 Å². The molecule has 20 heavy (non-hydrogen) atoms. The van der Waals surface area contributed by atoms with Gasteiger partial charge in [0.05, 0.1) is 28.3 Å². The summed E-state index contributed by atoms with van der Waals surface area (Å²) in [5, 5.41) is 0.641. The Morgan fingerprint density at radius 2 is 2.05 bits per heavy atom. The zero-order valence-corrected chi connectivity index (χ0v) is 12.9. The van der Waals surface area contributed by atoms with Gasteiger partial charge in [0.15, 0.2) is 0 Å². The highest BCUT2D eigenvalue weighted by molar-refractivity contribution is 9.10. The molecular weight excluding hydrogens is 342 g/mol. The summed E-state index contributed by atoms with van der Waals surface area (Å²) in [6.07, 6.45) is 0. The number of imidazole rings is 1. The molecule has 0 spiro atoms. The van der Waals surface area contributed by atoms with Crippen LogP contribution < -0.4 is 10.5 Å². The maximum atomic E-state index is 6.06. The molecule has 0 unspecified atom stereocenters. The molecule has 0 saturated carbocycles. The van der Waals surface area contributed by atoms with Crippen molar-refractivity contribution in [3.8, 4) is 11.4 Å². The monoisotopic (exact) mass is 351 g/mol. The predicted molar refractivity (Wildman–Crippen MR) is 84.7 cm³/mol. The van der Waals surface area contributed by atoms with Crippen molar-refractivity contribution in [3.63, 3.8) is 0 Å². The van der Waals surface area contributed by atoms with Gasteiger partial charge in [0.2, 0.25) is 5.95 Å². The second-order valence-electron chi connectivity index (χ2n) is 4.26. The molecule has 2 aromatic carbocycles. The van der Waals surface area contributed by atoms with Crippen LogP contribution >= 0.6 is 27.5 Å². The summed E-state index contributed by atoms with van der Waals surface area (Å²) >= 11 is 9.49. The first-order valence-corrected chi connectivity index (χ1v) is 7.04. The van der Waals surface area contributed by atoms with Gasteiger partial charge in [-0.1, -0.05) is 11.6 Å². The first kappa shape index (κ1) is 13.3. The SMILES string of the molecule is COc1cc(-n2c(N)nc3ccc(Cl)cc32)ccc1Br. The van der Waals surface area contributed by atoms with E-state index in [0.29, 0.717) is 11.0 Å². The second kappa shape index (κ2) is 5.00. The minimum absolute atomic E-state index is 0.409. The number of methoxy groups -OCH3 is 1. The third-order valence-corrected chi connectivity index (χ3v) is 3.93. The molecule has 102 valence electrons. The number of anilines is 1. The fourth-order valence-corrected chi connectivity index (χ4v) is 2.70. The molecule has 0 aliphatic carbocycles. The molecular formula is C14H11BrClN3O. The summed E-state index contributed by atoms with van der Waals surface area (Å²) < 4.78 is 8.03. The van der Waals surface area contributed by atoms with Crippen molar-refractivity contribution >= 4 is 44.5 Å².